The van der Waals surface area contributed by atoms with Crippen LogP contribution in [0.15, 0.2) is 0 Å². The van der Waals surface area contributed by atoms with Crippen molar-refractivity contribution in [1.82, 2.24) is 20.3 Å². The summed E-state index contributed by atoms with van der Waals surface area (Å²) >= 11 is 0. The number of aromatic nitrogens is 3. The highest BCUT2D eigenvalue weighted by molar-refractivity contribution is 5.79. The van der Waals surface area contributed by atoms with E-state index in [9.17, 15) is 4.79 Å². The molecule has 1 unspecified atom stereocenters. The van der Waals surface area contributed by atoms with E-state index in [1.165, 1.54) is 44.9 Å². The Morgan fingerprint density at radius 2 is 1.77 bits per heavy atom. The van der Waals surface area contributed by atoms with Crippen molar-refractivity contribution in [2.45, 2.75) is 64.2 Å². The summed E-state index contributed by atoms with van der Waals surface area (Å²) in [6.07, 6.45) is 12.0. The maximum Gasteiger partial charge on any atom is 0.226 e. The van der Waals surface area contributed by atoms with Gasteiger partial charge in [-0.05, 0) is 43.9 Å². The van der Waals surface area contributed by atoms with Gasteiger partial charge in [0.15, 0.2) is 0 Å². The number of hydrogen-bond donors (Lipinski definition) is 1. The summed E-state index contributed by atoms with van der Waals surface area (Å²) in [4.78, 5) is 15.0. The van der Waals surface area contributed by atoms with Crippen LogP contribution >= 0.6 is 0 Å². The summed E-state index contributed by atoms with van der Waals surface area (Å²) in [7, 11) is 0. The van der Waals surface area contributed by atoms with Crippen LogP contribution in [0.25, 0.3) is 0 Å². The number of hydrogen-bond acceptors (Lipinski definition) is 3. The first-order valence-corrected chi connectivity index (χ1v) is 8.93. The maximum absolute atomic E-state index is 12.8. The molecule has 3 aliphatic rings. The highest BCUT2D eigenvalue weighted by Gasteiger charge is 2.38. The van der Waals surface area contributed by atoms with Gasteiger partial charge in [0.25, 0.3) is 0 Å². The summed E-state index contributed by atoms with van der Waals surface area (Å²) in [6, 6.07) is 0. The molecule has 2 heterocycles. The lowest BCUT2D eigenvalue weighted by Crippen LogP contribution is -2.46. The number of fused-ring (bicyclic) bond motifs is 1. The number of likely N-dealkylation sites (tertiary alicyclic amines) is 1. The van der Waals surface area contributed by atoms with Gasteiger partial charge in [-0.3, -0.25) is 4.79 Å². The molecule has 120 valence electrons. The van der Waals surface area contributed by atoms with Gasteiger partial charge in [-0.1, -0.05) is 19.3 Å². The van der Waals surface area contributed by atoms with Crippen LogP contribution < -0.4 is 0 Å². The van der Waals surface area contributed by atoms with E-state index in [1.807, 2.05) is 0 Å². The van der Waals surface area contributed by atoms with Crippen molar-refractivity contribution in [1.29, 1.82) is 0 Å². The number of aryl methyl sites for hydroxylation is 1. The Morgan fingerprint density at radius 3 is 2.55 bits per heavy atom. The lowest BCUT2D eigenvalue weighted by molar-refractivity contribution is -0.138. The molecule has 22 heavy (non-hydrogen) atoms. The van der Waals surface area contributed by atoms with Gasteiger partial charge < -0.3 is 4.90 Å². The fourth-order valence-electron chi connectivity index (χ4n) is 4.76. The lowest BCUT2D eigenvalue weighted by atomic mass is 9.68. The van der Waals surface area contributed by atoms with Gasteiger partial charge in [0.05, 0.1) is 11.4 Å². The Labute approximate surface area is 131 Å². The SMILES string of the molecule is O=C(C1CCc2n[nH]nc2C1)N1CCC2(CCCCC2)CC1. The Balaban J connectivity index is 1.36. The molecule has 1 atom stereocenters. The molecule has 2 fully saturated rings. The van der Waals surface area contributed by atoms with Gasteiger partial charge >= 0.3 is 0 Å². The predicted octanol–water partition coefficient (Wildman–Crippen LogP) is 2.48. The van der Waals surface area contributed by atoms with Crippen LogP contribution in [-0.2, 0) is 17.6 Å². The number of nitrogens with zero attached hydrogens (tertiary/aromatic N) is 3. The number of nitrogens with one attached hydrogen (secondary N) is 1. The highest BCUT2D eigenvalue weighted by Crippen LogP contribution is 2.44. The summed E-state index contributed by atoms with van der Waals surface area (Å²) < 4.78 is 0. The lowest BCUT2D eigenvalue weighted by Gasteiger charge is -2.45. The van der Waals surface area contributed by atoms with Gasteiger partial charge in [0.2, 0.25) is 5.91 Å². The molecule has 1 aromatic rings. The van der Waals surface area contributed by atoms with Crippen molar-refractivity contribution in [3.63, 3.8) is 0 Å². The molecule has 2 aliphatic carbocycles. The Hall–Kier alpha value is -1.39. The molecule has 0 radical (unpaired) electrons. The van der Waals surface area contributed by atoms with Crippen molar-refractivity contribution >= 4 is 5.91 Å². The van der Waals surface area contributed by atoms with Crippen molar-refractivity contribution in [2.75, 3.05) is 13.1 Å². The Bertz CT molecular complexity index is 537. The van der Waals surface area contributed by atoms with Crippen LogP contribution in [-0.4, -0.2) is 39.3 Å². The van der Waals surface area contributed by atoms with Crippen LogP contribution in [0.5, 0.6) is 0 Å². The van der Waals surface area contributed by atoms with Gasteiger partial charge in [-0.15, -0.1) is 0 Å². The molecule has 1 aromatic heterocycles. The number of amides is 1. The van der Waals surface area contributed by atoms with E-state index >= 15 is 0 Å². The second kappa shape index (κ2) is 5.67. The summed E-state index contributed by atoms with van der Waals surface area (Å²) in [6.45, 7) is 1.95. The highest BCUT2D eigenvalue weighted by atomic mass is 16.2. The molecule has 1 saturated heterocycles. The quantitative estimate of drug-likeness (QED) is 0.867. The van der Waals surface area contributed by atoms with Crippen molar-refractivity contribution < 1.29 is 4.79 Å². The number of aromatic amines is 1. The van der Waals surface area contributed by atoms with Crippen molar-refractivity contribution in [3.8, 4) is 0 Å². The number of carbonyl (C=O) groups is 1. The van der Waals surface area contributed by atoms with Crippen LogP contribution in [0.2, 0.25) is 0 Å². The predicted molar refractivity (Wildman–Crippen MR) is 83.2 cm³/mol. The molecule has 1 spiro atoms. The van der Waals surface area contributed by atoms with E-state index in [-0.39, 0.29) is 5.92 Å². The largest absolute Gasteiger partial charge is 0.342 e. The van der Waals surface area contributed by atoms with Gasteiger partial charge in [-0.2, -0.15) is 15.4 Å². The van der Waals surface area contributed by atoms with Crippen molar-refractivity contribution in [3.05, 3.63) is 11.4 Å². The molecule has 5 nitrogen and oxygen atoms in total. The zero-order chi connectivity index (χ0) is 15.0. The molecule has 1 N–H and O–H groups in total. The minimum Gasteiger partial charge on any atom is -0.342 e. The van der Waals surface area contributed by atoms with E-state index in [2.05, 4.69) is 20.3 Å². The van der Waals surface area contributed by atoms with Crippen molar-refractivity contribution in [2.24, 2.45) is 11.3 Å². The van der Waals surface area contributed by atoms with Crippen LogP contribution in [0, 0.1) is 11.3 Å². The molecule has 0 aromatic carbocycles. The first kappa shape index (κ1) is 14.2. The number of piperidine rings is 1. The second-order valence-corrected chi connectivity index (χ2v) is 7.54. The third-order valence-corrected chi connectivity index (χ3v) is 6.27. The first-order valence-electron chi connectivity index (χ1n) is 8.93. The normalized spacial score (nSPS) is 27.6. The molecule has 1 amide bonds. The molecular formula is C17H26N4O. The molecular weight excluding hydrogens is 276 g/mol. The van der Waals surface area contributed by atoms with Crippen LogP contribution in [0.1, 0.15) is 62.8 Å². The molecule has 5 heteroatoms. The van der Waals surface area contributed by atoms with E-state index in [4.69, 9.17) is 0 Å². The maximum atomic E-state index is 12.8. The minimum absolute atomic E-state index is 0.123. The van der Waals surface area contributed by atoms with Gasteiger partial charge in [-0.25, -0.2) is 0 Å². The molecule has 4 rings (SSSR count). The first-order chi connectivity index (χ1) is 10.8. The number of carbonyl (C=O) groups excluding carboxylic acids is 1. The van der Waals surface area contributed by atoms with Gasteiger partial charge in [0.1, 0.15) is 0 Å². The average Bonchev–Trinajstić information content (AvgIpc) is 3.03. The minimum atomic E-state index is 0.123. The van der Waals surface area contributed by atoms with Gasteiger partial charge in [0, 0.05) is 25.4 Å². The molecule has 1 aliphatic heterocycles. The Morgan fingerprint density at radius 1 is 1.05 bits per heavy atom. The molecule has 0 bridgehead atoms. The third kappa shape index (κ3) is 2.55. The Kier molecular flexibility index (Phi) is 3.66. The van der Waals surface area contributed by atoms with E-state index in [1.54, 1.807) is 0 Å². The van der Waals surface area contributed by atoms with Crippen LogP contribution in [0.4, 0.5) is 0 Å². The fraction of sp³-hybridized carbons (Fsp3) is 0.824. The zero-order valence-electron chi connectivity index (χ0n) is 13.3. The standard InChI is InChI=1S/C17H26N4O/c22-16(13-4-5-14-15(12-13)19-20-18-14)21-10-8-17(9-11-21)6-2-1-3-7-17/h13H,1-12H2,(H,18,19,20). The molecule has 1 saturated carbocycles. The second-order valence-electron chi connectivity index (χ2n) is 7.54. The van der Waals surface area contributed by atoms with E-state index in [0.29, 0.717) is 11.3 Å². The summed E-state index contributed by atoms with van der Waals surface area (Å²) in [5.74, 6) is 0.484. The zero-order valence-corrected chi connectivity index (χ0v) is 13.3. The van der Waals surface area contributed by atoms with Crippen LogP contribution in [0.3, 0.4) is 0 Å². The number of H-pyrrole nitrogens is 1. The average molecular weight is 302 g/mol. The van der Waals surface area contributed by atoms with E-state index in [0.717, 1.165) is 43.7 Å². The summed E-state index contributed by atoms with van der Waals surface area (Å²) in [5, 5.41) is 11.0. The fourth-order valence-corrected chi connectivity index (χ4v) is 4.76. The summed E-state index contributed by atoms with van der Waals surface area (Å²) in [5.41, 5.74) is 2.63. The monoisotopic (exact) mass is 302 g/mol. The topological polar surface area (TPSA) is 61.9 Å². The third-order valence-electron chi connectivity index (χ3n) is 6.27. The van der Waals surface area contributed by atoms with E-state index < -0.39 is 0 Å². The number of rotatable bonds is 1. The smallest absolute Gasteiger partial charge is 0.226 e.